The molecule has 2 atom stereocenters. The topological polar surface area (TPSA) is 109 Å². The van der Waals surface area contributed by atoms with Crippen molar-refractivity contribution < 1.29 is 26.4 Å². The van der Waals surface area contributed by atoms with Crippen molar-refractivity contribution in [2.24, 2.45) is 7.05 Å². The fourth-order valence-corrected chi connectivity index (χ4v) is 5.54. The first-order chi connectivity index (χ1) is 15.0. The number of anilines is 1. The van der Waals surface area contributed by atoms with Crippen LogP contribution in [0.15, 0.2) is 30.7 Å². The van der Waals surface area contributed by atoms with Gasteiger partial charge in [-0.3, -0.25) is 9.48 Å². The summed E-state index contributed by atoms with van der Waals surface area (Å²) in [6, 6.07) is -0.772. The molecule has 2 N–H and O–H groups in total. The molecule has 4 rings (SSSR count). The van der Waals surface area contributed by atoms with E-state index in [0.29, 0.717) is 17.1 Å². The van der Waals surface area contributed by atoms with Gasteiger partial charge < -0.3 is 5.32 Å². The molecule has 1 aromatic carbocycles. The highest BCUT2D eigenvalue weighted by Crippen LogP contribution is 2.34. The summed E-state index contributed by atoms with van der Waals surface area (Å²) >= 11 is 1.25. The van der Waals surface area contributed by atoms with Crippen LogP contribution in [-0.2, 0) is 22.1 Å². The third-order valence-electron chi connectivity index (χ3n) is 4.93. The highest BCUT2D eigenvalue weighted by Gasteiger charge is 2.41. The Morgan fingerprint density at radius 2 is 1.91 bits per heavy atom. The number of likely N-dealkylation sites (N-methyl/N-ethyl adjacent to an activating group) is 1. The monoisotopic (exact) mass is 486 g/mol. The lowest BCUT2D eigenvalue weighted by molar-refractivity contribution is -0.120. The molecule has 14 heteroatoms. The van der Waals surface area contributed by atoms with Gasteiger partial charge in [-0.25, -0.2) is 18.2 Å². The number of carbonyl (C=O) groups excluding carboxylic acids is 1. The summed E-state index contributed by atoms with van der Waals surface area (Å²) in [5.74, 6) is -5.44. The summed E-state index contributed by atoms with van der Waals surface area (Å²) in [4.78, 5) is 17.8. The predicted molar refractivity (Wildman–Crippen MR) is 110 cm³/mol. The van der Waals surface area contributed by atoms with E-state index in [4.69, 9.17) is 0 Å². The average Bonchev–Trinajstić information content (AvgIpc) is 3.37. The summed E-state index contributed by atoms with van der Waals surface area (Å²) in [5.41, 5.74) is 0.474. The molecule has 1 amide bonds. The number of halogens is 3. The van der Waals surface area contributed by atoms with Crippen LogP contribution in [0.4, 0.5) is 18.9 Å². The van der Waals surface area contributed by atoms with Crippen molar-refractivity contribution in [3.05, 3.63) is 53.2 Å². The first kappa shape index (κ1) is 22.4. The quantitative estimate of drug-likeness (QED) is 0.550. The van der Waals surface area contributed by atoms with Crippen molar-refractivity contribution >= 4 is 33.1 Å². The van der Waals surface area contributed by atoms with Crippen molar-refractivity contribution in [2.75, 3.05) is 12.4 Å². The molecule has 0 bridgehead atoms. The number of nitrogens with one attached hydrogen (secondary N) is 2. The maximum Gasteiger partial charge on any atom is 0.280 e. The molecule has 1 aliphatic heterocycles. The molecule has 0 aliphatic carbocycles. The van der Waals surface area contributed by atoms with Crippen LogP contribution in [-0.4, -0.2) is 46.5 Å². The molecule has 2 aromatic heterocycles. The van der Waals surface area contributed by atoms with E-state index in [1.54, 1.807) is 30.3 Å². The number of aryl methyl sites for hydroxylation is 1. The number of aromatic nitrogens is 3. The lowest BCUT2D eigenvalue weighted by atomic mass is 10.1. The lowest BCUT2D eigenvalue weighted by Gasteiger charge is -2.35. The minimum absolute atomic E-state index is 0.00765. The van der Waals surface area contributed by atoms with Gasteiger partial charge in [0.15, 0.2) is 17.5 Å². The summed E-state index contributed by atoms with van der Waals surface area (Å²) in [6.45, 7) is 0. The minimum atomic E-state index is -4.05. The van der Waals surface area contributed by atoms with E-state index >= 15 is 0 Å². The molecule has 32 heavy (non-hydrogen) atoms. The second-order valence-corrected chi connectivity index (χ2v) is 9.98. The maximum atomic E-state index is 13.5. The van der Waals surface area contributed by atoms with Crippen LogP contribution in [0.3, 0.4) is 0 Å². The van der Waals surface area contributed by atoms with E-state index in [1.807, 2.05) is 0 Å². The molecule has 0 unspecified atom stereocenters. The Balaban J connectivity index is 1.58. The number of benzene rings is 1. The van der Waals surface area contributed by atoms with Crippen LogP contribution < -0.4 is 10.0 Å². The van der Waals surface area contributed by atoms with Crippen LogP contribution >= 0.6 is 11.3 Å². The van der Waals surface area contributed by atoms with Crippen molar-refractivity contribution in [1.82, 2.24) is 23.8 Å². The van der Waals surface area contributed by atoms with Crippen molar-refractivity contribution in [3.63, 3.8) is 0 Å². The molecule has 3 aromatic rings. The van der Waals surface area contributed by atoms with Gasteiger partial charge in [-0.2, -0.15) is 22.5 Å². The van der Waals surface area contributed by atoms with E-state index in [1.165, 1.54) is 18.4 Å². The molecular formula is C18H17F3N6O3S2. The highest BCUT2D eigenvalue weighted by molar-refractivity contribution is 7.87. The second kappa shape index (κ2) is 8.27. The fraction of sp³-hybridized carbons (Fsp3) is 0.278. The summed E-state index contributed by atoms with van der Waals surface area (Å²) in [7, 11) is -1.09. The van der Waals surface area contributed by atoms with Crippen LogP contribution in [0, 0.1) is 17.5 Å². The Morgan fingerprint density at radius 3 is 2.53 bits per heavy atom. The molecule has 1 saturated heterocycles. The van der Waals surface area contributed by atoms with Gasteiger partial charge in [0, 0.05) is 49.9 Å². The first-order valence-corrected chi connectivity index (χ1v) is 11.5. The van der Waals surface area contributed by atoms with Crippen LogP contribution in [0.25, 0.3) is 10.4 Å². The summed E-state index contributed by atoms with van der Waals surface area (Å²) in [5, 5.41) is 6.78. The third kappa shape index (κ3) is 4.26. The van der Waals surface area contributed by atoms with Crippen molar-refractivity contribution in [1.29, 1.82) is 0 Å². The normalized spacial score (nSPS) is 20.9. The zero-order chi connectivity index (χ0) is 23.2. The molecule has 0 saturated carbocycles. The summed E-state index contributed by atoms with van der Waals surface area (Å²) in [6.07, 6.45) is 5.02. The van der Waals surface area contributed by atoms with E-state index < -0.39 is 45.7 Å². The van der Waals surface area contributed by atoms with E-state index in [2.05, 4.69) is 20.1 Å². The zero-order valence-corrected chi connectivity index (χ0v) is 18.3. The van der Waals surface area contributed by atoms with Crippen LogP contribution in [0.2, 0.25) is 0 Å². The minimum Gasteiger partial charge on any atom is -0.324 e. The van der Waals surface area contributed by atoms with Gasteiger partial charge in [0.05, 0.1) is 17.1 Å². The number of carbonyl (C=O) groups is 1. The van der Waals surface area contributed by atoms with Gasteiger partial charge in [0.2, 0.25) is 5.91 Å². The molecule has 0 radical (unpaired) electrons. The SMILES string of the molecule is CN1[C@@H](C(=O)Nc2cc(F)c(F)c(F)c2)C[C@@H](c2ncc(-c3cnn(C)c3)s2)NS1(=O)=O. The van der Waals surface area contributed by atoms with Gasteiger partial charge in [-0.05, 0) is 6.42 Å². The standard InChI is InChI=1S/C18H17F3N6O3S2/c1-26-8-9(6-23-26)15-7-22-18(31-15)13-5-14(27(2)32(29,30)25-13)17(28)24-10-3-11(19)16(21)12(20)4-10/h3-4,6-8,13-14,25H,5H2,1-2H3,(H,24,28)/t13-,14+/m0/s1. The van der Waals surface area contributed by atoms with Crippen molar-refractivity contribution in [2.45, 2.75) is 18.5 Å². The number of hydrogen-bond acceptors (Lipinski definition) is 6. The Kier molecular flexibility index (Phi) is 5.79. The lowest BCUT2D eigenvalue weighted by Crippen LogP contribution is -2.55. The van der Waals surface area contributed by atoms with E-state index in [9.17, 15) is 26.4 Å². The zero-order valence-electron chi connectivity index (χ0n) is 16.7. The molecule has 0 spiro atoms. The van der Waals surface area contributed by atoms with E-state index in [-0.39, 0.29) is 12.1 Å². The van der Waals surface area contributed by atoms with E-state index in [0.717, 1.165) is 14.7 Å². The van der Waals surface area contributed by atoms with Crippen LogP contribution in [0.5, 0.6) is 0 Å². The Hall–Kier alpha value is -2.81. The van der Waals surface area contributed by atoms with Gasteiger partial charge >= 0.3 is 0 Å². The van der Waals surface area contributed by atoms with Gasteiger partial charge in [0.25, 0.3) is 10.2 Å². The van der Waals surface area contributed by atoms with Gasteiger partial charge in [-0.15, -0.1) is 11.3 Å². The molecule has 170 valence electrons. The third-order valence-corrected chi connectivity index (χ3v) is 7.69. The highest BCUT2D eigenvalue weighted by atomic mass is 32.2. The molecule has 9 nitrogen and oxygen atoms in total. The number of amides is 1. The summed E-state index contributed by atoms with van der Waals surface area (Å²) < 4.78 is 70.2. The Labute approximate surface area is 185 Å². The first-order valence-electron chi connectivity index (χ1n) is 9.20. The van der Waals surface area contributed by atoms with Crippen molar-refractivity contribution in [3.8, 4) is 10.4 Å². The second-order valence-electron chi connectivity index (χ2n) is 7.15. The van der Waals surface area contributed by atoms with Gasteiger partial charge in [-0.1, -0.05) is 0 Å². The molecule has 3 heterocycles. The number of hydrogen-bond donors (Lipinski definition) is 2. The Bertz CT molecular complexity index is 1270. The fourth-order valence-electron chi connectivity index (χ4n) is 3.26. The maximum absolute atomic E-state index is 13.5. The predicted octanol–water partition coefficient (Wildman–Crippen LogP) is 2.18. The number of thiazole rings is 1. The number of nitrogens with zero attached hydrogens (tertiary/aromatic N) is 4. The molecular weight excluding hydrogens is 469 g/mol. The Morgan fingerprint density at radius 1 is 1.22 bits per heavy atom. The molecule has 1 aliphatic rings. The largest absolute Gasteiger partial charge is 0.324 e. The van der Waals surface area contributed by atoms with Gasteiger partial charge in [0.1, 0.15) is 11.0 Å². The number of rotatable bonds is 4. The van der Waals surface area contributed by atoms with Crippen LogP contribution in [0.1, 0.15) is 17.5 Å². The molecule has 1 fully saturated rings. The smallest absolute Gasteiger partial charge is 0.280 e. The average molecular weight is 487 g/mol.